The summed E-state index contributed by atoms with van der Waals surface area (Å²) < 4.78 is 14.3. The highest BCUT2D eigenvalue weighted by Gasteiger charge is 2.28. The average molecular weight is 311 g/mol. The van der Waals surface area contributed by atoms with Crippen LogP contribution < -0.4 is 5.32 Å². The van der Waals surface area contributed by atoms with Crippen molar-refractivity contribution >= 4 is 22.9 Å². The zero-order valence-corrected chi connectivity index (χ0v) is 12.6. The van der Waals surface area contributed by atoms with E-state index in [-0.39, 0.29) is 11.9 Å². The first-order valence-corrected chi connectivity index (χ1v) is 8.00. The summed E-state index contributed by atoms with van der Waals surface area (Å²) in [6, 6.07) is 6.87. The standard InChI is InChI=1S/C15H16ClFN2S/c16-12-2-1-3-13(17)14(12)15(11-4-9-20-10-11)19-7-5-18-6-8-19/h1-4,9-10,15,18H,5-8H2/t15-/m0/s1. The molecule has 1 saturated heterocycles. The molecule has 1 N–H and O–H groups in total. The van der Waals surface area contributed by atoms with E-state index in [1.165, 1.54) is 6.07 Å². The Labute approximate surface area is 127 Å². The molecule has 0 aliphatic carbocycles. The van der Waals surface area contributed by atoms with Crippen molar-refractivity contribution in [2.75, 3.05) is 26.2 Å². The van der Waals surface area contributed by atoms with Crippen LogP contribution in [0.2, 0.25) is 5.02 Å². The van der Waals surface area contributed by atoms with Gasteiger partial charge in [-0.05, 0) is 34.5 Å². The number of benzene rings is 1. The predicted octanol–water partition coefficient (Wildman–Crippen LogP) is 3.54. The third kappa shape index (κ3) is 2.74. The van der Waals surface area contributed by atoms with Crippen LogP contribution in [-0.4, -0.2) is 31.1 Å². The molecule has 0 unspecified atom stereocenters. The van der Waals surface area contributed by atoms with E-state index in [0.29, 0.717) is 10.6 Å². The number of hydrogen-bond donors (Lipinski definition) is 1. The van der Waals surface area contributed by atoms with Crippen LogP contribution >= 0.6 is 22.9 Å². The lowest BCUT2D eigenvalue weighted by Gasteiger charge is -2.35. The van der Waals surface area contributed by atoms with Gasteiger partial charge in [0.05, 0.1) is 6.04 Å². The van der Waals surface area contributed by atoms with Gasteiger partial charge in [0.25, 0.3) is 0 Å². The summed E-state index contributed by atoms with van der Waals surface area (Å²) in [5.74, 6) is -0.229. The molecule has 1 atom stereocenters. The largest absolute Gasteiger partial charge is 0.314 e. The SMILES string of the molecule is Fc1cccc(Cl)c1[C@H](c1ccsc1)N1CCNCC1. The van der Waals surface area contributed by atoms with E-state index >= 15 is 0 Å². The lowest BCUT2D eigenvalue weighted by molar-refractivity contribution is 0.196. The monoisotopic (exact) mass is 310 g/mol. The molecule has 1 aliphatic rings. The summed E-state index contributed by atoms with van der Waals surface area (Å²) in [6.45, 7) is 3.63. The van der Waals surface area contributed by atoms with Gasteiger partial charge in [0.1, 0.15) is 5.82 Å². The van der Waals surface area contributed by atoms with Gasteiger partial charge < -0.3 is 5.32 Å². The zero-order chi connectivity index (χ0) is 13.9. The molecule has 1 fully saturated rings. The van der Waals surface area contributed by atoms with Gasteiger partial charge in [-0.1, -0.05) is 17.7 Å². The van der Waals surface area contributed by atoms with Crippen LogP contribution in [-0.2, 0) is 0 Å². The van der Waals surface area contributed by atoms with E-state index in [4.69, 9.17) is 11.6 Å². The molecule has 2 aromatic rings. The Balaban J connectivity index is 2.05. The van der Waals surface area contributed by atoms with E-state index in [9.17, 15) is 4.39 Å². The number of rotatable bonds is 3. The summed E-state index contributed by atoms with van der Waals surface area (Å²) in [7, 11) is 0. The first-order chi connectivity index (χ1) is 9.77. The van der Waals surface area contributed by atoms with E-state index in [0.717, 1.165) is 31.7 Å². The van der Waals surface area contributed by atoms with Gasteiger partial charge >= 0.3 is 0 Å². The van der Waals surface area contributed by atoms with Gasteiger partial charge in [-0.15, -0.1) is 0 Å². The first kappa shape index (κ1) is 14.0. The fourth-order valence-electron chi connectivity index (χ4n) is 2.70. The van der Waals surface area contributed by atoms with E-state index < -0.39 is 0 Å². The average Bonchev–Trinajstić information content (AvgIpc) is 2.98. The first-order valence-electron chi connectivity index (χ1n) is 6.68. The normalized spacial score (nSPS) is 18.1. The summed E-state index contributed by atoms with van der Waals surface area (Å²) in [6.07, 6.45) is 0. The lowest BCUT2D eigenvalue weighted by atomic mass is 9.98. The third-order valence-corrected chi connectivity index (χ3v) is 4.68. The van der Waals surface area contributed by atoms with Crippen molar-refractivity contribution in [3.8, 4) is 0 Å². The predicted molar refractivity (Wildman–Crippen MR) is 82.0 cm³/mol. The minimum Gasteiger partial charge on any atom is -0.314 e. The van der Waals surface area contributed by atoms with Crippen LogP contribution in [0.1, 0.15) is 17.2 Å². The molecular weight excluding hydrogens is 295 g/mol. The van der Waals surface area contributed by atoms with Crippen molar-refractivity contribution in [2.45, 2.75) is 6.04 Å². The van der Waals surface area contributed by atoms with Gasteiger partial charge in [0.2, 0.25) is 0 Å². The Hall–Kier alpha value is -0.940. The molecule has 0 saturated carbocycles. The second-order valence-electron chi connectivity index (χ2n) is 4.88. The Morgan fingerprint density at radius 1 is 1.25 bits per heavy atom. The maximum atomic E-state index is 14.3. The Kier molecular flexibility index (Phi) is 4.36. The molecule has 2 heterocycles. The minimum atomic E-state index is -0.229. The minimum absolute atomic E-state index is 0.1000. The highest BCUT2D eigenvalue weighted by Crippen LogP contribution is 2.36. The molecule has 0 amide bonds. The second-order valence-corrected chi connectivity index (χ2v) is 6.07. The van der Waals surface area contributed by atoms with Gasteiger partial charge in [-0.25, -0.2) is 4.39 Å². The van der Waals surface area contributed by atoms with Crippen LogP contribution in [0.15, 0.2) is 35.0 Å². The lowest BCUT2D eigenvalue weighted by Crippen LogP contribution is -2.45. The fourth-order valence-corrected chi connectivity index (χ4v) is 3.65. The molecule has 2 nitrogen and oxygen atoms in total. The summed E-state index contributed by atoms with van der Waals surface area (Å²) >= 11 is 7.91. The number of hydrogen-bond acceptors (Lipinski definition) is 3. The maximum absolute atomic E-state index is 14.3. The fraction of sp³-hybridized carbons (Fsp3) is 0.333. The van der Waals surface area contributed by atoms with Crippen molar-refractivity contribution in [3.05, 3.63) is 57.0 Å². The maximum Gasteiger partial charge on any atom is 0.129 e. The molecule has 1 aromatic carbocycles. The molecular formula is C15H16ClFN2S. The molecule has 20 heavy (non-hydrogen) atoms. The second kappa shape index (κ2) is 6.22. The molecule has 1 aromatic heterocycles. The Bertz CT molecular complexity index is 547. The molecule has 1 aliphatic heterocycles. The van der Waals surface area contributed by atoms with Gasteiger partial charge in [-0.2, -0.15) is 11.3 Å². The quantitative estimate of drug-likeness (QED) is 0.933. The zero-order valence-electron chi connectivity index (χ0n) is 11.0. The van der Waals surface area contributed by atoms with Gasteiger partial charge in [0.15, 0.2) is 0 Å². The smallest absolute Gasteiger partial charge is 0.129 e. The van der Waals surface area contributed by atoms with Crippen molar-refractivity contribution in [1.82, 2.24) is 10.2 Å². The van der Waals surface area contributed by atoms with E-state index in [2.05, 4.69) is 21.7 Å². The molecule has 3 rings (SSSR count). The van der Waals surface area contributed by atoms with Gasteiger partial charge in [0, 0.05) is 36.8 Å². The summed E-state index contributed by atoms with van der Waals surface area (Å²) in [5.41, 5.74) is 1.71. The van der Waals surface area contributed by atoms with E-state index in [1.54, 1.807) is 23.5 Å². The molecule has 0 radical (unpaired) electrons. The Morgan fingerprint density at radius 3 is 2.70 bits per heavy atom. The van der Waals surface area contributed by atoms with Crippen LogP contribution in [0, 0.1) is 5.82 Å². The highest BCUT2D eigenvalue weighted by molar-refractivity contribution is 7.08. The number of nitrogens with one attached hydrogen (secondary N) is 1. The van der Waals surface area contributed by atoms with Crippen molar-refractivity contribution < 1.29 is 4.39 Å². The highest BCUT2D eigenvalue weighted by atomic mass is 35.5. The Morgan fingerprint density at radius 2 is 2.05 bits per heavy atom. The van der Waals surface area contributed by atoms with Crippen LogP contribution in [0.5, 0.6) is 0 Å². The van der Waals surface area contributed by atoms with Crippen molar-refractivity contribution in [3.63, 3.8) is 0 Å². The van der Waals surface area contributed by atoms with Crippen LogP contribution in [0.4, 0.5) is 4.39 Å². The number of thiophene rings is 1. The molecule has 0 bridgehead atoms. The third-order valence-electron chi connectivity index (χ3n) is 3.65. The molecule has 106 valence electrons. The van der Waals surface area contributed by atoms with Crippen LogP contribution in [0.3, 0.4) is 0 Å². The summed E-state index contributed by atoms with van der Waals surface area (Å²) in [4.78, 5) is 2.29. The van der Waals surface area contributed by atoms with Gasteiger partial charge in [-0.3, -0.25) is 4.90 Å². The van der Waals surface area contributed by atoms with Crippen LogP contribution in [0.25, 0.3) is 0 Å². The number of piperazine rings is 1. The molecule has 0 spiro atoms. The van der Waals surface area contributed by atoms with Crippen molar-refractivity contribution in [2.24, 2.45) is 0 Å². The molecule has 5 heteroatoms. The summed E-state index contributed by atoms with van der Waals surface area (Å²) in [5, 5.41) is 7.94. The topological polar surface area (TPSA) is 15.3 Å². The number of nitrogens with zero attached hydrogens (tertiary/aromatic N) is 1. The number of halogens is 2. The van der Waals surface area contributed by atoms with E-state index in [1.807, 2.05) is 5.38 Å². The van der Waals surface area contributed by atoms with Crippen molar-refractivity contribution in [1.29, 1.82) is 0 Å².